The van der Waals surface area contributed by atoms with Gasteiger partial charge in [-0.1, -0.05) is 18.9 Å². The molecular formula is C14H22N2OS. The van der Waals surface area contributed by atoms with Crippen molar-refractivity contribution >= 4 is 17.2 Å². The molecular weight excluding hydrogens is 244 g/mol. The second-order valence-electron chi connectivity index (χ2n) is 4.99. The van der Waals surface area contributed by atoms with Gasteiger partial charge in [-0.15, -0.1) is 11.3 Å². The summed E-state index contributed by atoms with van der Waals surface area (Å²) in [6.07, 6.45) is 4.26. The van der Waals surface area contributed by atoms with Crippen molar-refractivity contribution in [3.8, 4) is 0 Å². The number of nitrogens with two attached hydrogens (primary N) is 1. The van der Waals surface area contributed by atoms with Gasteiger partial charge in [-0.2, -0.15) is 0 Å². The third-order valence-electron chi connectivity index (χ3n) is 3.76. The van der Waals surface area contributed by atoms with Crippen LogP contribution in [-0.4, -0.2) is 23.4 Å². The molecule has 1 amide bonds. The lowest BCUT2D eigenvalue weighted by Gasteiger charge is -2.32. The first-order valence-electron chi connectivity index (χ1n) is 6.79. The van der Waals surface area contributed by atoms with E-state index in [9.17, 15) is 4.79 Å². The van der Waals surface area contributed by atoms with E-state index in [2.05, 4.69) is 11.4 Å². The van der Waals surface area contributed by atoms with E-state index in [0.717, 1.165) is 32.4 Å². The van der Waals surface area contributed by atoms with Crippen LogP contribution < -0.4 is 5.73 Å². The fraction of sp³-hybridized carbons (Fsp3) is 0.643. The van der Waals surface area contributed by atoms with Gasteiger partial charge in [0.15, 0.2) is 0 Å². The molecule has 1 aliphatic carbocycles. The molecule has 1 heterocycles. The predicted molar refractivity (Wildman–Crippen MR) is 75.3 cm³/mol. The average Bonchev–Trinajstić information content (AvgIpc) is 2.88. The van der Waals surface area contributed by atoms with E-state index in [4.69, 9.17) is 5.73 Å². The fourth-order valence-corrected chi connectivity index (χ4v) is 3.36. The highest BCUT2D eigenvalue weighted by atomic mass is 32.1. The molecule has 3 nitrogen and oxygen atoms in total. The Balaban J connectivity index is 2.00. The maximum atomic E-state index is 12.5. The topological polar surface area (TPSA) is 46.3 Å². The first-order valence-corrected chi connectivity index (χ1v) is 7.67. The Labute approximate surface area is 113 Å². The zero-order valence-corrected chi connectivity index (χ0v) is 11.8. The molecule has 2 rings (SSSR count). The molecule has 2 N–H and O–H groups in total. The Bertz CT molecular complexity index is 377. The smallest absolute Gasteiger partial charge is 0.227 e. The maximum absolute atomic E-state index is 12.5. The quantitative estimate of drug-likeness (QED) is 0.910. The van der Waals surface area contributed by atoms with Crippen LogP contribution in [0, 0.1) is 5.92 Å². The third kappa shape index (κ3) is 3.12. The monoisotopic (exact) mass is 266 g/mol. The summed E-state index contributed by atoms with van der Waals surface area (Å²) < 4.78 is 0. The van der Waals surface area contributed by atoms with Crippen molar-refractivity contribution in [2.45, 2.75) is 45.2 Å². The number of hydrogen-bond donors (Lipinski definition) is 1. The van der Waals surface area contributed by atoms with Crippen molar-refractivity contribution in [3.05, 3.63) is 22.4 Å². The van der Waals surface area contributed by atoms with Crippen molar-refractivity contribution in [2.75, 3.05) is 6.54 Å². The molecule has 0 bridgehead atoms. The van der Waals surface area contributed by atoms with Crippen molar-refractivity contribution in [3.63, 3.8) is 0 Å². The van der Waals surface area contributed by atoms with E-state index < -0.39 is 0 Å². The first kappa shape index (κ1) is 13.6. The minimum absolute atomic E-state index is 0.0404. The summed E-state index contributed by atoms with van der Waals surface area (Å²) in [7, 11) is 0. The highest BCUT2D eigenvalue weighted by Crippen LogP contribution is 2.25. The SMILES string of the molecule is CCN(Cc1cccs1)C(=O)C1CCCCC1N. The van der Waals surface area contributed by atoms with Crippen LogP contribution in [0.5, 0.6) is 0 Å². The van der Waals surface area contributed by atoms with Gasteiger partial charge < -0.3 is 10.6 Å². The molecule has 2 unspecified atom stereocenters. The number of carbonyl (C=O) groups excluding carboxylic acids is 1. The van der Waals surface area contributed by atoms with Crippen LogP contribution in [0.2, 0.25) is 0 Å². The molecule has 0 aromatic carbocycles. The second kappa shape index (κ2) is 6.34. The highest BCUT2D eigenvalue weighted by molar-refractivity contribution is 7.09. The Morgan fingerprint density at radius 3 is 2.89 bits per heavy atom. The van der Waals surface area contributed by atoms with Gasteiger partial charge in [0.2, 0.25) is 5.91 Å². The lowest BCUT2D eigenvalue weighted by Crippen LogP contribution is -2.45. The summed E-state index contributed by atoms with van der Waals surface area (Å²) in [5, 5.41) is 2.06. The van der Waals surface area contributed by atoms with Gasteiger partial charge in [-0.3, -0.25) is 4.79 Å². The van der Waals surface area contributed by atoms with E-state index in [1.807, 2.05) is 17.9 Å². The molecule has 0 saturated heterocycles. The van der Waals surface area contributed by atoms with Crippen LogP contribution in [0.25, 0.3) is 0 Å². The summed E-state index contributed by atoms with van der Waals surface area (Å²) >= 11 is 1.71. The van der Waals surface area contributed by atoms with Crippen LogP contribution in [0.15, 0.2) is 17.5 Å². The number of nitrogens with zero attached hydrogens (tertiary/aromatic N) is 1. The van der Waals surface area contributed by atoms with Gasteiger partial charge in [-0.05, 0) is 31.2 Å². The Hall–Kier alpha value is -0.870. The van der Waals surface area contributed by atoms with Crippen molar-refractivity contribution in [1.29, 1.82) is 0 Å². The van der Waals surface area contributed by atoms with E-state index >= 15 is 0 Å². The normalized spacial score (nSPS) is 23.9. The number of thiophene rings is 1. The first-order chi connectivity index (χ1) is 8.72. The molecule has 2 atom stereocenters. The van der Waals surface area contributed by atoms with Gasteiger partial charge in [0.25, 0.3) is 0 Å². The summed E-state index contributed by atoms with van der Waals surface area (Å²) in [6, 6.07) is 4.18. The minimum atomic E-state index is 0.0404. The van der Waals surface area contributed by atoms with E-state index in [0.29, 0.717) is 0 Å². The summed E-state index contributed by atoms with van der Waals surface area (Å²) in [5.41, 5.74) is 6.10. The number of rotatable bonds is 4. The minimum Gasteiger partial charge on any atom is -0.338 e. The molecule has 0 spiro atoms. The number of amides is 1. The summed E-state index contributed by atoms with van der Waals surface area (Å²) in [5.74, 6) is 0.289. The van der Waals surface area contributed by atoms with Gasteiger partial charge >= 0.3 is 0 Å². The lowest BCUT2D eigenvalue weighted by molar-refractivity contribution is -0.137. The largest absolute Gasteiger partial charge is 0.338 e. The van der Waals surface area contributed by atoms with Gasteiger partial charge in [0.1, 0.15) is 0 Å². The van der Waals surface area contributed by atoms with Crippen LogP contribution >= 0.6 is 11.3 Å². The predicted octanol–water partition coefficient (Wildman–Crippen LogP) is 2.61. The van der Waals surface area contributed by atoms with E-state index in [1.165, 1.54) is 11.3 Å². The Morgan fingerprint density at radius 1 is 1.50 bits per heavy atom. The zero-order valence-electron chi connectivity index (χ0n) is 11.0. The van der Waals surface area contributed by atoms with E-state index in [1.54, 1.807) is 11.3 Å². The van der Waals surface area contributed by atoms with Gasteiger partial charge in [-0.25, -0.2) is 0 Å². The Kier molecular flexibility index (Phi) is 4.78. The number of hydrogen-bond acceptors (Lipinski definition) is 3. The molecule has 1 fully saturated rings. The molecule has 0 aliphatic heterocycles. The van der Waals surface area contributed by atoms with Crippen LogP contribution in [-0.2, 0) is 11.3 Å². The standard InChI is InChI=1S/C14H22N2OS/c1-2-16(10-11-6-5-9-18-11)14(17)12-7-3-4-8-13(12)15/h5-6,9,12-13H,2-4,7-8,10,15H2,1H3. The molecule has 18 heavy (non-hydrogen) atoms. The molecule has 0 radical (unpaired) electrons. The maximum Gasteiger partial charge on any atom is 0.227 e. The molecule has 100 valence electrons. The van der Waals surface area contributed by atoms with Crippen molar-refractivity contribution in [2.24, 2.45) is 11.7 Å². The molecule has 4 heteroatoms. The Morgan fingerprint density at radius 2 is 2.28 bits per heavy atom. The zero-order chi connectivity index (χ0) is 13.0. The molecule has 1 aromatic heterocycles. The van der Waals surface area contributed by atoms with Crippen LogP contribution in [0.3, 0.4) is 0 Å². The van der Waals surface area contributed by atoms with Gasteiger partial charge in [0.05, 0.1) is 12.5 Å². The summed E-state index contributed by atoms with van der Waals surface area (Å²) in [4.78, 5) is 15.7. The molecule has 1 saturated carbocycles. The third-order valence-corrected chi connectivity index (χ3v) is 4.62. The second-order valence-corrected chi connectivity index (χ2v) is 6.02. The van der Waals surface area contributed by atoms with Crippen molar-refractivity contribution < 1.29 is 4.79 Å². The van der Waals surface area contributed by atoms with Crippen molar-refractivity contribution in [1.82, 2.24) is 4.90 Å². The van der Waals surface area contributed by atoms with Crippen LogP contribution in [0.1, 0.15) is 37.5 Å². The van der Waals surface area contributed by atoms with Crippen LogP contribution in [0.4, 0.5) is 0 Å². The highest BCUT2D eigenvalue weighted by Gasteiger charge is 2.31. The molecule has 1 aliphatic rings. The average molecular weight is 266 g/mol. The fourth-order valence-electron chi connectivity index (χ4n) is 2.64. The van der Waals surface area contributed by atoms with Gasteiger partial charge in [0, 0.05) is 17.5 Å². The van der Waals surface area contributed by atoms with E-state index in [-0.39, 0.29) is 17.9 Å². The lowest BCUT2D eigenvalue weighted by atomic mass is 9.84. The molecule has 1 aromatic rings. The number of carbonyl (C=O) groups is 1. The summed E-state index contributed by atoms with van der Waals surface area (Å²) in [6.45, 7) is 3.54.